The number of piperidine rings is 1. The number of hydrogen-bond acceptors (Lipinski definition) is 1. The topological polar surface area (TPSA) is 3.24 Å². The molecule has 2 aliphatic rings. The monoisotopic (exact) mass is 231 g/mol. The number of halogens is 1. The quantitative estimate of drug-likeness (QED) is 0.580. The van der Waals surface area contributed by atoms with E-state index in [1.165, 1.54) is 38.8 Å². The van der Waals surface area contributed by atoms with E-state index in [4.69, 9.17) is 0 Å². The van der Waals surface area contributed by atoms with Crippen molar-refractivity contribution in [2.45, 2.75) is 30.5 Å². The lowest BCUT2D eigenvalue weighted by atomic mass is 9.75. The second-order valence-electron chi connectivity index (χ2n) is 4.48. The van der Waals surface area contributed by atoms with Crippen LogP contribution in [0, 0.1) is 11.8 Å². The summed E-state index contributed by atoms with van der Waals surface area (Å²) in [5, 5.41) is 0. The summed E-state index contributed by atoms with van der Waals surface area (Å²) in [6.07, 6.45) is 5.73. The zero-order valence-corrected chi connectivity index (χ0v) is 9.39. The third-order valence-electron chi connectivity index (χ3n) is 3.50. The fourth-order valence-corrected chi connectivity index (χ4v) is 3.50. The zero-order valence-electron chi connectivity index (χ0n) is 7.80. The van der Waals surface area contributed by atoms with Crippen molar-refractivity contribution in [2.24, 2.45) is 11.8 Å². The van der Waals surface area contributed by atoms with E-state index in [0.29, 0.717) is 0 Å². The molecule has 0 aromatic rings. The molecule has 1 nitrogen and oxygen atoms in total. The molecule has 0 radical (unpaired) electrons. The Balaban J connectivity index is 1.94. The minimum atomic E-state index is 0.810. The van der Waals surface area contributed by atoms with E-state index in [-0.39, 0.29) is 0 Å². The first kappa shape index (κ1) is 9.01. The molecule has 0 aromatic carbocycles. The standard InChI is InChI=1S/C10H18BrN/c1-12-5-4-8-2-3-10(11)6-9(8)7-12/h8-10H,2-7H2,1H3/t8-,9?,10-/m1/s1. The van der Waals surface area contributed by atoms with Crippen molar-refractivity contribution in [1.29, 1.82) is 0 Å². The molecule has 70 valence electrons. The molecule has 2 heteroatoms. The van der Waals surface area contributed by atoms with Crippen molar-refractivity contribution in [1.82, 2.24) is 4.90 Å². The molecule has 1 unspecified atom stereocenters. The summed E-state index contributed by atoms with van der Waals surface area (Å²) in [7, 11) is 2.26. The predicted octanol–water partition coefficient (Wildman–Crippen LogP) is 2.50. The van der Waals surface area contributed by atoms with Crippen LogP contribution in [0.2, 0.25) is 0 Å². The maximum Gasteiger partial charge on any atom is 0.0149 e. The van der Waals surface area contributed by atoms with Gasteiger partial charge in [-0.05, 0) is 51.1 Å². The van der Waals surface area contributed by atoms with Crippen LogP contribution in [0.25, 0.3) is 0 Å². The second kappa shape index (κ2) is 3.67. The van der Waals surface area contributed by atoms with E-state index < -0.39 is 0 Å². The van der Waals surface area contributed by atoms with Gasteiger partial charge in [0.1, 0.15) is 0 Å². The number of nitrogens with zero attached hydrogens (tertiary/aromatic N) is 1. The molecular formula is C10H18BrN. The maximum atomic E-state index is 3.75. The van der Waals surface area contributed by atoms with Crippen molar-refractivity contribution >= 4 is 15.9 Å². The molecule has 2 rings (SSSR count). The van der Waals surface area contributed by atoms with Crippen molar-refractivity contribution in [2.75, 3.05) is 20.1 Å². The number of rotatable bonds is 0. The van der Waals surface area contributed by atoms with Crippen molar-refractivity contribution < 1.29 is 0 Å². The highest BCUT2D eigenvalue weighted by Gasteiger charge is 2.32. The van der Waals surface area contributed by atoms with Crippen LogP contribution in [0.4, 0.5) is 0 Å². The van der Waals surface area contributed by atoms with Gasteiger partial charge in [-0.2, -0.15) is 0 Å². The Kier molecular flexibility index (Phi) is 2.75. The summed E-state index contributed by atoms with van der Waals surface area (Å²) < 4.78 is 0. The molecule has 0 N–H and O–H groups in total. The van der Waals surface area contributed by atoms with Crippen molar-refractivity contribution in [3.8, 4) is 0 Å². The Morgan fingerprint density at radius 3 is 2.83 bits per heavy atom. The van der Waals surface area contributed by atoms with E-state index in [1.807, 2.05) is 0 Å². The van der Waals surface area contributed by atoms with E-state index in [1.54, 1.807) is 0 Å². The Morgan fingerprint density at radius 2 is 2.00 bits per heavy atom. The van der Waals surface area contributed by atoms with Crippen molar-refractivity contribution in [3.63, 3.8) is 0 Å². The first-order chi connectivity index (χ1) is 5.75. The van der Waals surface area contributed by atoms with Gasteiger partial charge in [-0.3, -0.25) is 0 Å². The number of likely N-dealkylation sites (tertiary alicyclic amines) is 1. The van der Waals surface area contributed by atoms with Crippen molar-refractivity contribution in [3.05, 3.63) is 0 Å². The lowest BCUT2D eigenvalue weighted by Gasteiger charge is -2.41. The average Bonchev–Trinajstić information content (AvgIpc) is 2.03. The maximum absolute atomic E-state index is 3.75. The van der Waals surface area contributed by atoms with Gasteiger partial charge in [0.05, 0.1) is 0 Å². The number of hydrogen-bond donors (Lipinski definition) is 0. The first-order valence-corrected chi connectivity index (χ1v) is 6.00. The summed E-state index contributed by atoms with van der Waals surface area (Å²) in [6.45, 7) is 2.67. The Bertz CT molecular complexity index is 144. The highest BCUT2D eigenvalue weighted by atomic mass is 79.9. The van der Waals surface area contributed by atoms with Gasteiger partial charge < -0.3 is 4.90 Å². The fourth-order valence-electron chi connectivity index (χ4n) is 2.75. The van der Waals surface area contributed by atoms with Crippen LogP contribution in [0.1, 0.15) is 25.7 Å². The number of fused-ring (bicyclic) bond motifs is 1. The van der Waals surface area contributed by atoms with E-state index >= 15 is 0 Å². The van der Waals surface area contributed by atoms with E-state index in [2.05, 4.69) is 27.9 Å². The van der Waals surface area contributed by atoms with Crippen LogP contribution in [-0.4, -0.2) is 29.9 Å². The SMILES string of the molecule is CN1CC[C@H]2CC[C@@H](Br)CC2C1. The molecule has 0 aromatic heterocycles. The molecule has 1 saturated heterocycles. The minimum absolute atomic E-state index is 0.810. The smallest absolute Gasteiger partial charge is 0.0149 e. The van der Waals surface area contributed by atoms with Crippen LogP contribution >= 0.6 is 15.9 Å². The van der Waals surface area contributed by atoms with Gasteiger partial charge in [0.2, 0.25) is 0 Å². The second-order valence-corrected chi connectivity index (χ2v) is 5.78. The van der Waals surface area contributed by atoms with Crippen LogP contribution in [0.3, 0.4) is 0 Å². The predicted molar refractivity (Wildman–Crippen MR) is 55.7 cm³/mol. The van der Waals surface area contributed by atoms with Gasteiger partial charge in [-0.15, -0.1) is 0 Å². The molecule has 0 spiro atoms. The highest BCUT2D eigenvalue weighted by molar-refractivity contribution is 9.09. The molecule has 2 fully saturated rings. The van der Waals surface area contributed by atoms with E-state index in [0.717, 1.165) is 16.7 Å². The van der Waals surface area contributed by atoms with Gasteiger partial charge in [0, 0.05) is 11.4 Å². The van der Waals surface area contributed by atoms with Gasteiger partial charge in [-0.25, -0.2) is 0 Å². The summed E-state index contributed by atoms with van der Waals surface area (Å²) >= 11 is 3.75. The Hall–Kier alpha value is 0.440. The summed E-state index contributed by atoms with van der Waals surface area (Å²) in [6, 6.07) is 0. The average molecular weight is 232 g/mol. The largest absolute Gasteiger partial charge is 0.306 e. The molecule has 1 saturated carbocycles. The van der Waals surface area contributed by atoms with Gasteiger partial charge >= 0.3 is 0 Å². The molecule has 3 atom stereocenters. The lowest BCUT2D eigenvalue weighted by Crippen LogP contribution is -2.41. The van der Waals surface area contributed by atoms with Gasteiger partial charge in [0.15, 0.2) is 0 Å². The van der Waals surface area contributed by atoms with Gasteiger partial charge in [0.25, 0.3) is 0 Å². The molecule has 1 aliphatic heterocycles. The zero-order chi connectivity index (χ0) is 8.55. The van der Waals surface area contributed by atoms with Crippen LogP contribution in [0.5, 0.6) is 0 Å². The third kappa shape index (κ3) is 1.85. The minimum Gasteiger partial charge on any atom is -0.306 e. The summed E-state index contributed by atoms with van der Waals surface area (Å²) in [5.41, 5.74) is 0. The molecular weight excluding hydrogens is 214 g/mol. The van der Waals surface area contributed by atoms with Gasteiger partial charge in [-0.1, -0.05) is 15.9 Å². The van der Waals surface area contributed by atoms with E-state index in [9.17, 15) is 0 Å². The van der Waals surface area contributed by atoms with Crippen LogP contribution < -0.4 is 0 Å². The summed E-state index contributed by atoms with van der Waals surface area (Å²) in [4.78, 5) is 3.30. The van der Waals surface area contributed by atoms with Crippen LogP contribution in [-0.2, 0) is 0 Å². The molecule has 0 amide bonds. The lowest BCUT2D eigenvalue weighted by molar-refractivity contribution is 0.108. The molecule has 12 heavy (non-hydrogen) atoms. The Labute approximate surface area is 83.6 Å². The number of alkyl halides is 1. The molecule has 0 bridgehead atoms. The molecule has 1 aliphatic carbocycles. The fraction of sp³-hybridized carbons (Fsp3) is 1.00. The Morgan fingerprint density at radius 1 is 1.17 bits per heavy atom. The summed E-state index contributed by atoms with van der Waals surface area (Å²) in [5.74, 6) is 2.04. The molecule has 1 heterocycles. The van der Waals surface area contributed by atoms with Crippen LogP contribution in [0.15, 0.2) is 0 Å². The first-order valence-electron chi connectivity index (χ1n) is 5.08. The normalized spacial score (nSPS) is 44.0. The highest BCUT2D eigenvalue weighted by Crippen LogP contribution is 2.38. The third-order valence-corrected chi connectivity index (χ3v) is 4.34.